The molecule has 3 amide bonds. The van der Waals surface area contributed by atoms with E-state index >= 15 is 0 Å². The van der Waals surface area contributed by atoms with Crippen molar-refractivity contribution in [2.45, 2.75) is 26.4 Å². The molecule has 29 heavy (non-hydrogen) atoms. The smallest absolute Gasteiger partial charge is 0.412 e. The zero-order valence-corrected chi connectivity index (χ0v) is 16.5. The van der Waals surface area contributed by atoms with Crippen LogP contribution < -0.4 is 16.0 Å². The zero-order valence-electron chi connectivity index (χ0n) is 15.7. The van der Waals surface area contributed by atoms with E-state index in [0.29, 0.717) is 12.1 Å². The van der Waals surface area contributed by atoms with Gasteiger partial charge in [-0.1, -0.05) is 11.6 Å². The fourth-order valence-corrected chi connectivity index (χ4v) is 2.42. The maximum Gasteiger partial charge on any atom is 0.412 e. The Labute approximate surface area is 170 Å². The van der Waals surface area contributed by atoms with E-state index in [1.54, 1.807) is 20.8 Å². The van der Waals surface area contributed by atoms with E-state index < -0.39 is 40.6 Å². The number of ether oxygens (including phenoxy) is 1. The van der Waals surface area contributed by atoms with Crippen molar-refractivity contribution in [1.29, 1.82) is 0 Å². The second-order valence-electron chi connectivity index (χ2n) is 6.82. The molecule has 0 aliphatic heterocycles. The molecule has 10 heteroatoms. The van der Waals surface area contributed by atoms with Crippen molar-refractivity contribution >= 4 is 47.1 Å². The van der Waals surface area contributed by atoms with Crippen molar-refractivity contribution in [2.75, 3.05) is 16.0 Å². The van der Waals surface area contributed by atoms with Crippen LogP contribution >= 0.6 is 11.6 Å². The number of hydrogen-bond donors (Lipinski definition) is 3. The quantitative estimate of drug-likeness (QED) is 0.600. The second kappa shape index (κ2) is 8.87. The first kappa shape index (κ1) is 22.1. The zero-order chi connectivity index (χ0) is 21.8. The van der Waals surface area contributed by atoms with Crippen LogP contribution in [-0.2, 0) is 9.53 Å². The summed E-state index contributed by atoms with van der Waals surface area (Å²) in [6.45, 7) is 4.77. The van der Waals surface area contributed by atoms with E-state index in [1.165, 1.54) is 18.2 Å². The highest BCUT2D eigenvalue weighted by Crippen LogP contribution is 2.28. The molecule has 0 bridgehead atoms. The summed E-state index contributed by atoms with van der Waals surface area (Å²) in [4.78, 5) is 34.8. The summed E-state index contributed by atoms with van der Waals surface area (Å²) in [7, 11) is 0. The molecule has 3 N–H and O–H groups in total. The lowest BCUT2D eigenvalue weighted by atomic mass is 10.1. The van der Waals surface area contributed by atoms with Gasteiger partial charge in [-0.15, -0.1) is 0 Å². The Kier molecular flexibility index (Phi) is 6.76. The number of carbonyl (C=O) groups excluding carboxylic acids is 3. The SMILES string of the molecule is CC(C)(C)OC(=O)Nc1c(F)ccc(NC(=O)c2cc(NC=O)ccc2Cl)c1F. The third kappa shape index (κ3) is 5.89. The molecule has 0 spiro atoms. The lowest BCUT2D eigenvalue weighted by Gasteiger charge is -2.20. The number of amides is 3. The molecule has 154 valence electrons. The van der Waals surface area contributed by atoms with E-state index in [1.807, 2.05) is 5.32 Å². The molecular weight excluding hydrogens is 408 g/mol. The van der Waals surface area contributed by atoms with E-state index in [0.717, 1.165) is 12.1 Å². The van der Waals surface area contributed by atoms with Crippen molar-refractivity contribution in [1.82, 2.24) is 0 Å². The van der Waals surface area contributed by atoms with Crippen molar-refractivity contribution in [3.63, 3.8) is 0 Å². The first-order chi connectivity index (χ1) is 13.5. The number of hydrogen-bond acceptors (Lipinski definition) is 4. The molecule has 0 aromatic heterocycles. The molecule has 7 nitrogen and oxygen atoms in total. The fourth-order valence-electron chi connectivity index (χ4n) is 2.22. The van der Waals surface area contributed by atoms with Gasteiger partial charge in [-0.3, -0.25) is 14.9 Å². The summed E-state index contributed by atoms with van der Waals surface area (Å²) in [6.07, 6.45) is -0.645. The Morgan fingerprint density at radius 2 is 1.79 bits per heavy atom. The number of benzene rings is 2. The van der Waals surface area contributed by atoms with Gasteiger partial charge in [0.2, 0.25) is 6.41 Å². The van der Waals surface area contributed by atoms with E-state index in [9.17, 15) is 23.2 Å². The third-order valence-electron chi connectivity index (χ3n) is 3.40. The maximum absolute atomic E-state index is 14.7. The normalized spacial score (nSPS) is 10.8. The van der Waals surface area contributed by atoms with E-state index in [2.05, 4.69) is 10.6 Å². The van der Waals surface area contributed by atoms with Gasteiger partial charge in [0, 0.05) is 5.69 Å². The number of halogens is 3. The fraction of sp³-hybridized carbons (Fsp3) is 0.211. The summed E-state index contributed by atoms with van der Waals surface area (Å²) in [5.41, 5.74) is -1.81. The van der Waals surface area contributed by atoms with Crippen LogP contribution in [0.2, 0.25) is 5.02 Å². The molecule has 0 fully saturated rings. The highest BCUT2D eigenvalue weighted by atomic mass is 35.5. The van der Waals surface area contributed by atoms with Gasteiger partial charge < -0.3 is 15.4 Å². The first-order valence-corrected chi connectivity index (χ1v) is 8.68. The van der Waals surface area contributed by atoms with Crippen LogP contribution in [0.3, 0.4) is 0 Å². The van der Waals surface area contributed by atoms with Crippen LogP contribution in [0, 0.1) is 11.6 Å². The Balaban J connectivity index is 2.28. The van der Waals surface area contributed by atoms with Crippen LogP contribution in [0.1, 0.15) is 31.1 Å². The first-order valence-electron chi connectivity index (χ1n) is 8.31. The molecule has 0 saturated heterocycles. The second-order valence-corrected chi connectivity index (χ2v) is 7.23. The Morgan fingerprint density at radius 1 is 1.10 bits per heavy atom. The highest BCUT2D eigenvalue weighted by molar-refractivity contribution is 6.34. The Morgan fingerprint density at radius 3 is 2.41 bits per heavy atom. The van der Waals surface area contributed by atoms with Crippen molar-refractivity contribution in [3.05, 3.63) is 52.6 Å². The summed E-state index contributed by atoms with van der Waals surface area (Å²) in [5.74, 6) is -3.07. The van der Waals surface area contributed by atoms with Crippen molar-refractivity contribution in [2.24, 2.45) is 0 Å². The van der Waals surface area contributed by atoms with Gasteiger partial charge in [0.05, 0.1) is 16.3 Å². The molecule has 2 rings (SSSR count). The molecule has 0 unspecified atom stereocenters. The van der Waals surface area contributed by atoms with E-state index in [4.69, 9.17) is 16.3 Å². The lowest BCUT2D eigenvalue weighted by molar-refractivity contribution is -0.105. The molecular formula is C19H18ClF2N3O4. The van der Waals surface area contributed by atoms with Crippen LogP contribution in [0.5, 0.6) is 0 Å². The van der Waals surface area contributed by atoms with Crippen molar-refractivity contribution in [3.8, 4) is 0 Å². The molecule has 2 aromatic carbocycles. The van der Waals surface area contributed by atoms with Gasteiger partial charge in [0.25, 0.3) is 5.91 Å². The third-order valence-corrected chi connectivity index (χ3v) is 3.73. The molecule has 0 aliphatic carbocycles. The van der Waals surface area contributed by atoms with Gasteiger partial charge in [-0.05, 0) is 51.1 Å². The van der Waals surface area contributed by atoms with Gasteiger partial charge in [0.15, 0.2) is 5.82 Å². The summed E-state index contributed by atoms with van der Waals surface area (Å²) < 4.78 is 33.7. The maximum atomic E-state index is 14.7. The average molecular weight is 426 g/mol. The predicted molar refractivity (Wildman–Crippen MR) is 105 cm³/mol. The summed E-state index contributed by atoms with van der Waals surface area (Å²) in [6, 6.07) is 5.99. The molecule has 0 atom stereocenters. The monoisotopic (exact) mass is 425 g/mol. The Bertz CT molecular complexity index is 961. The van der Waals surface area contributed by atoms with E-state index in [-0.39, 0.29) is 10.6 Å². The molecule has 0 aliphatic rings. The number of rotatable bonds is 5. The standard InChI is InChI=1S/C19H18ClF2N3O4/c1-19(2,3)29-18(28)25-16-13(21)6-7-14(15(16)22)24-17(27)11-8-10(23-9-26)4-5-12(11)20/h4-9H,1-3H3,(H,23,26)(H,24,27)(H,25,28). The minimum Gasteiger partial charge on any atom is -0.444 e. The number of anilines is 3. The Hall–Kier alpha value is -3.20. The van der Waals surface area contributed by atoms with Gasteiger partial charge >= 0.3 is 6.09 Å². The van der Waals surface area contributed by atoms with Gasteiger partial charge in [-0.25, -0.2) is 13.6 Å². The predicted octanol–water partition coefficient (Wildman–Crippen LogP) is 4.79. The van der Waals surface area contributed by atoms with Gasteiger partial charge in [0.1, 0.15) is 17.1 Å². The highest BCUT2D eigenvalue weighted by Gasteiger charge is 2.22. The topological polar surface area (TPSA) is 96.5 Å². The largest absolute Gasteiger partial charge is 0.444 e. The molecule has 0 heterocycles. The van der Waals surface area contributed by atoms with Crippen molar-refractivity contribution < 1.29 is 27.9 Å². The molecule has 0 saturated carbocycles. The average Bonchev–Trinajstić information content (AvgIpc) is 2.61. The molecule has 2 aromatic rings. The van der Waals surface area contributed by atoms with Crippen LogP contribution in [0.25, 0.3) is 0 Å². The molecule has 0 radical (unpaired) electrons. The van der Waals surface area contributed by atoms with Crippen LogP contribution in [-0.4, -0.2) is 24.0 Å². The number of carbonyl (C=O) groups is 3. The minimum absolute atomic E-state index is 0.0496. The number of nitrogens with one attached hydrogen (secondary N) is 3. The van der Waals surface area contributed by atoms with Crippen LogP contribution in [0.4, 0.5) is 30.6 Å². The van der Waals surface area contributed by atoms with Gasteiger partial charge in [-0.2, -0.15) is 0 Å². The van der Waals surface area contributed by atoms with Crippen LogP contribution in [0.15, 0.2) is 30.3 Å². The summed E-state index contributed by atoms with van der Waals surface area (Å²) >= 11 is 5.98. The lowest BCUT2D eigenvalue weighted by Crippen LogP contribution is -2.28. The summed E-state index contributed by atoms with van der Waals surface area (Å²) in [5, 5.41) is 6.65. The minimum atomic E-state index is -1.21.